The monoisotopic (exact) mass is 342 g/mol. The fourth-order valence-electron chi connectivity index (χ4n) is 1.45. The van der Waals surface area contributed by atoms with Crippen LogP contribution in [0, 0.1) is 11.8 Å². The Hall–Kier alpha value is -2.02. The van der Waals surface area contributed by atoms with Crippen LogP contribution in [0.1, 0.15) is 47.5 Å². The van der Waals surface area contributed by atoms with Gasteiger partial charge in [-0.2, -0.15) is 0 Å². The van der Waals surface area contributed by atoms with Gasteiger partial charge in [-0.05, 0) is 18.8 Å². The number of amides is 3. The van der Waals surface area contributed by atoms with Gasteiger partial charge in [-0.3, -0.25) is 19.3 Å². The number of primary amides is 1. The van der Waals surface area contributed by atoms with Gasteiger partial charge in [0.1, 0.15) is 5.78 Å². The fourth-order valence-corrected chi connectivity index (χ4v) is 1.45. The summed E-state index contributed by atoms with van der Waals surface area (Å²) in [6.07, 6.45) is 3.08. The van der Waals surface area contributed by atoms with Crippen molar-refractivity contribution in [2.45, 2.75) is 47.5 Å². The van der Waals surface area contributed by atoms with Crippen LogP contribution in [0.25, 0.3) is 0 Å². The van der Waals surface area contributed by atoms with Crippen LogP contribution < -0.4 is 5.73 Å². The molecule has 0 atom stereocenters. The first-order valence-electron chi connectivity index (χ1n) is 7.93. The SMILES string of the molecule is CC(=O)CC(C)C.CC(C)CO.NC(=O)CCN1C(=O)C=CC1=O. The van der Waals surface area contributed by atoms with Crippen molar-refractivity contribution in [1.29, 1.82) is 0 Å². The third kappa shape index (κ3) is 14.9. The Balaban J connectivity index is 0. The van der Waals surface area contributed by atoms with Gasteiger partial charge in [0.2, 0.25) is 5.91 Å². The van der Waals surface area contributed by atoms with Gasteiger partial charge >= 0.3 is 0 Å². The minimum absolute atomic E-state index is 0.0131. The molecule has 24 heavy (non-hydrogen) atoms. The molecule has 1 heterocycles. The normalized spacial score (nSPS) is 12.8. The average Bonchev–Trinajstić information content (AvgIpc) is 2.75. The highest BCUT2D eigenvalue weighted by atomic mass is 16.3. The van der Waals surface area contributed by atoms with E-state index < -0.39 is 5.91 Å². The van der Waals surface area contributed by atoms with Crippen LogP contribution >= 0.6 is 0 Å². The molecule has 0 aromatic carbocycles. The molecule has 3 amide bonds. The predicted molar refractivity (Wildman–Crippen MR) is 91.7 cm³/mol. The zero-order chi connectivity index (χ0) is 19.3. The molecule has 0 radical (unpaired) electrons. The Morgan fingerprint density at radius 3 is 1.71 bits per heavy atom. The number of imide groups is 1. The van der Waals surface area contributed by atoms with Gasteiger partial charge in [-0.15, -0.1) is 0 Å². The first-order chi connectivity index (χ1) is 11.0. The van der Waals surface area contributed by atoms with Crippen molar-refractivity contribution in [2.24, 2.45) is 17.6 Å². The van der Waals surface area contributed by atoms with Crippen LogP contribution in [0.3, 0.4) is 0 Å². The molecule has 0 fully saturated rings. The number of aliphatic hydroxyl groups excluding tert-OH is 1. The average molecular weight is 342 g/mol. The number of aliphatic hydroxyl groups is 1. The molecule has 1 aliphatic rings. The lowest BCUT2D eigenvalue weighted by molar-refractivity contribution is -0.137. The topological polar surface area (TPSA) is 118 Å². The standard InChI is InChI=1S/C7H8N2O3.C6H12O.C4H10O/c8-5(10)3-4-9-6(11)1-2-7(9)12;1-5(2)4-6(3)7;1-4(2)3-5/h1-2H,3-4H2,(H2,8,10);5H,4H2,1-3H3;4-5H,3H2,1-2H3. The van der Waals surface area contributed by atoms with E-state index >= 15 is 0 Å². The van der Waals surface area contributed by atoms with Crippen LogP contribution in [0.5, 0.6) is 0 Å². The number of hydrogen-bond acceptors (Lipinski definition) is 5. The Bertz CT molecular complexity index is 438. The summed E-state index contributed by atoms with van der Waals surface area (Å²) in [7, 11) is 0. The molecule has 7 heteroatoms. The van der Waals surface area contributed by atoms with Crippen molar-refractivity contribution >= 4 is 23.5 Å². The second-order valence-electron chi connectivity index (χ2n) is 6.25. The molecule has 7 nitrogen and oxygen atoms in total. The van der Waals surface area contributed by atoms with Crippen molar-refractivity contribution < 1.29 is 24.3 Å². The van der Waals surface area contributed by atoms with Crippen molar-refractivity contribution in [1.82, 2.24) is 4.90 Å². The maximum atomic E-state index is 10.9. The minimum Gasteiger partial charge on any atom is -0.396 e. The molecule has 0 aromatic heterocycles. The molecule has 0 spiro atoms. The van der Waals surface area contributed by atoms with Gasteiger partial charge in [0.25, 0.3) is 11.8 Å². The van der Waals surface area contributed by atoms with E-state index in [4.69, 9.17) is 10.8 Å². The molecule has 0 aliphatic carbocycles. The van der Waals surface area contributed by atoms with Gasteiger partial charge < -0.3 is 15.6 Å². The highest BCUT2D eigenvalue weighted by Gasteiger charge is 2.22. The molecule has 0 aromatic rings. The van der Waals surface area contributed by atoms with Crippen molar-refractivity contribution in [2.75, 3.05) is 13.2 Å². The van der Waals surface area contributed by atoms with Gasteiger partial charge in [0.15, 0.2) is 0 Å². The quantitative estimate of drug-likeness (QED) is 0.699. The van der Waals surface area contributed by atoms with Crippen LogP contribution in [-0.2, 0) is 19.2 Å². The lowest BCUT2D eigenvalue weighted by Crippen LogP contribution is -2.33. The smallest absolute Gasteiger partial charge is 0.253 e. The molecular formula is C17H30N2O5. The summed E-state index contributed by atoms with van der Waals surface area (Å²) in [4.78, 5) is 43.3. The number of hydrogen-bond donors (Lipinski definition) is 2. The molecule has 0 bridgehead atoms. The maximum absolute atomic E-state index is 10.9. The predicted octanol–water partition coefficient (Wildman–Crippen LogP) is 1.04. The summed E-state index contributed by atoms with van der Waals surface area (Å²) in [6, 6.07) is 0. The van der Waals surface area contributed by atoms with Gasteiger partial charge in [-0.25, -0.2) is 0 Å². The molecule has 1 rings (SSSR count). The summed E-state index contributed by atoms with van der Waals surface area (Å²) >= 11 is 0. The van der Waals surface area contributed by atoms with E-state index in [1.54, 1.807) is 6.92 Å². The maximum Gasteiger partial charge on any atom is 0.253 e. The summed E-state index contributed by atoms with van der Waals surface area (Å²) in [6.45, 7) is 10.0. The van der Waals surface area contributed by atoms with Crippen molar-refractivity contribution in [3.05, 3.63) is 12.2 Å². The number of nitrogens with two attached hydrogens (primary N) is 1. The van der Waals surface area contributed by atoms with Gasteiger partial charge in [0.05, 0.1) is 0 Å². The van der Waals surface area contributed by atoms with E-state index in [0.717, 1.165) is 11.3 Å². The number of Topliss-reactive ketones (excluding diaryl/α,β-unsaturated/α-hetero) is 1. The third-order valence-corrected chi connectivity index (χ3v) is 2.54. The van der Waals surface area contributed by atoms with Gasteiger partial charge in [-0.1, -0.05) is 27.7 Å². The van der Waals surface area contributed by atoms with E-state index in [2.05, 4.69) is 0 Å². The largest absolute Gasteiger partial charge is 0.396 e. The van der Waals surface area contributed by atoms with Crippen LogP contribution in [0.15, 0.2) is 12.2 Å². The molecule has 0 saturated carbocycles. The van der Waals surface area contributed by atoms with Crippen molar-refractivity contribution in [3.63, 3.8) is 0 Å². The van der Waals surface area contributed by atoms with E-state index in [0.29, 0.717) is 18.4 Å². The highest BCUT2D eigenvalue weighted by molar-refractivity contribution is 6.13. The van der Waals surface area contributed by atoms with E-state index in [9.17, 15) is 19.2 Å². The second-order valence-corrected chi connectivity index (χ2v) is 6.25. The Kier molecular flexibility index (Phi) is 13.6. The van der Waals surface area contributed by atoms with E-state index in [1.807, 2.05) is 27.7 Å². The molecule has 3 N–H and O–H groups in total. The first-order valence-corrected chi connectivity index (χ1v) is 7.93. The van der Waals surface area contributed by atoms with Crippen LogP contribution in [0.4, 0.5) is 0 Å². The number of carbonyl (C=O) groups excluding carboxylic acids is 4. The van der Waals surface area contributed by atoms with Crippen LogP contribution in [0.2, 0.25) is 0 Å². The van der Waals surface area contributed by atoms with Crippen LogP contribution in [-0.4, -0.2) is 46.7 Å². The lowest BCUT2D eigenvalue weighted by atomic mass is 10.1. The first kappa shape index (κ1) is 24.2. The Labute approximate surface area is 143 Å². The zero-order valence-corrected chi connectivity index (χ0v) is 15.2. The molecule has 1 aliphatic heterocycles. The van der Waals surface area contributed by atoms with E-state index in [-0.39, 0.29) is 30.6 Å². The van der Waals surface area contributed by atoms with Gasteiger partial charge in [0, 0.05) is 38.1 Å². The molecule has 0 saturated heterocycles. The zero-order valence-electron chi connectivity index (χ0n) is 15.2. The number of ketones is 1. The molecule has 0 unspecified atom stereocenters. The number of rotatable bonds is 6. The fraction of sp³-hybridized carbons (Fsp3) is 0.647. The summed E-state index contributed by atoms with van der Waals surface area (Å²) in [5.41, 5.74) is 4.85. The summed E-state index contributed by atoms with van der Waals surface area (Å²) in [5.74, 6) is -0.0486. The second kappa shape index (κ2) is 13.4. The molecule has 138 valence electrons. The lowest BCUT2D eigenvalue weighted by Gasteiger charge is -2.11. The van der Waals surface area contributed by atoms with E-state index in [1.165, 1.54) is 12.2 Å². The molecular weight excluding hydrogens is 312 g/mol. The van der Waals surface area contributed by atoms with Crippen molar-refractivity contribution in [3.8, 4) is 0 Å². The number of carbonyl (C=O) groups is 4. The summed E-state index contributed by atoms with van der Waals surface area (Å²) in [5, 5.41) is 8.14. The number of nitrogens with zero attached hydrogens (tertiary/aromatic N) is 1. The Morgan fingerprint density at radius 2 is 1.50 bits per heavy atom. The minimum atomic E-state index is -0.525. The Morgan fingerprint density at radius 1 is 1.08 bits per heavy atom. The summed E-state index contributed by atoms with van der Waals surface area (Å²) < 4.78 is 0. The third-order valence-electron chi connectivity index (χ3n) is 2.54. The highest BCUT2D eigenvalue weighted by Crippen LogP contribution is 2.03.